The molecular weight excluding hydrogens is 341 g/mol. The fraction of sp³-hybridized carbons (Fsp3) is 0.273. The lowest BCUT2D eigenvalue weighted by Gasteiger charge is -2.18. The summed E-state index contributed by atoms with van der Waals surface area (Å²) in [5, 5.41) is 12.1. The third-order valence-corrected chi connectivity index (χ3v) is 4.86. The van der Waals surface area contributed by atoms with Crippen LogP contribution in [-0.2, 0) is 4.79 Å². The minimum absolute atomic E-state index is 0.0680. The molecule has 0 aromatic heterocycles. The molecule has 1 amide bonds. The Bertz CT molecular complexity index is 937. The molecule has 3 rings (SSSR count). The number of carbonyl (C=O) groups excluding carboxylic acids is 1. The van der Waals surface area contributed by atoms with E-state index in [0.717, 1.165) is 37.1 Å². The van der Waals surface area contributed by atoms with Crippen LogP contribution in [0.1, 0.15) is 29.5 Å². The second-order valence-electron chi connectivity index (χ2n) is 6.83. The molecule has 0 bridgehead atoms. The molecule has 1 aliphatic rings. The zero-order valence-electron chi connectivity index (χ0n) is 15.6. The molecule has 1 heterocycles. The van der Waals surface area contributed by atoms with E-state index in [-0.39, 0.29) is 11.4 Å². The Morgan fingerprint density at radius 3 is 2.52 bits per heavy atom. The Labute approximate surface area is 158 Å². The molecule has 5 heteroatoms. The largest absolute Gasteiger partial charge is 0.369 e. The van der Waals surface area contributed by atoms with Crippen molar-refractivity contribution < 1.29 is 9.18 Å². The Morgan fingerprint density at radius 2 is 1.89 bits per heavy atom. The third-order valence-electron chi connectivity index (χ3n) is 4.86. The maximum atomic E-state index is 14.4. The van der Waals surface area contributed by atoms with Crippen molar-refractivity contribution >= 4 is 23.4 Å². The summed E-state index contributed by atoms with van der Waals surface area (Å²) in [6, 6.07) is 12.3. The van der Waals surface area contributed by atoms with Crippen molar-refractivity contribution in [1.29, 1.82) is 5.26 Å². The van der Waals surface area contributed by atoms with Crippen molar-refractivity contribution in [1.82, 2.24) is 0 Å². The van der Waals surface area contributed by atoms with E-state index in [0.29, 0.717) is 16.9 Å². The summed E-state index contributed by atoms with van der Waals surface area (Å²) in [5.41, 5.74) is 3.79. The molecule has 0 aliphatic carbocycles. The molecule has 27 heavy (non-hydrogen) atoms. The van der Waals surface area contributed by atoms with Gasteiger partial charge < -0.3 is 10.2 Å². The van der Waals surface area contributed by atoms with Crippen LogP contribution in [0, 0.1) is 31.0 Å². The van der Waals surface area contributed by atoms with Crippen LogP contribution in [0.5, 0.6) is 0 Å². The van der Waals surface area contributed by atoms with Crippen LogP contribution in [0.15, 0.2) is 42.0 Å². The average molecular weight is 363 g/mol. The van der Waals surface area contributed by atoms with Crippen LogP contribution in [0.3, 0.4) is 0 Å². The highest BCUT2D eigenvalue weighted by Crippen LogP contribution is 2.25. The smallest absolute Gasteiger partial charge is 0.266 e. The van der Waals surface area contributed by atoms with Crippen molar-refractivity contribution in [3.63, 3.8) is 0 Å². The maximum absolute atomic E-state index is 14.4. The van der Waals surface area contributed by atoms with Crippen LogP contribution < -0.4 is 10.2 Å². The fourth-order valence-corrected chi connectivity index (χ4v) is 3.16. The summed E-state index contributed by atoms with van der Waals surface area (Å²) in [4.78, 5) is 14.4. The Kier molecular flexibility index (Phi) is 5.56. The molecule has 0 unspecified atom stereocenters. The van der Waals surface area contributed by atoms with E-state index in [1.807, 2.05) is 36.9 Å². The van der Waals surface area contributed by atoms with E-state index in [1.165, 1.54) is 12.1 Å². The van der Waals surface area contributed by atoms with Crippen molar-refractivity contribution in [2.24, 2.45) is 0 Å². The summed E-state index contributed by atoms with van der Waals surface area (Å²) < 4.78 is 14.4. The lowest BCUT2D eigenvalue weighted by Crippen LogP contribution is -2.18. The molecule has 2 aromatic carbocycles. The van der Waals surface area contributed by atoms with Gasteiger partial charge in [0.2, 0.25) is 0 Å². The van der Waals surface area contributed by atoms with Gasteiger partial charge in [-0.15, -0.1) is 0 Å². The predicted octanol–water partition coefficient (Wildman–Crippen LogP) is 4.59. The number of nitriles is 1. The Morgan fingerprint density at radius 1 is 1.15 bits per heavy atom. The second-order valence-corrected chi connectivity index (χ2v) is 6.83. The van der Waals surface area contributed by atoms with Crippen molar-refractivity contribution in [3.05, 3.63) is 64.5 Å². The van der Waals surface area contributed by atoms with E-state index in [2.05, 4.69) is 5.32 Å². The van der Waals surface area contributed by atoms with Crippen molar-refractivity contribution in [3.8, 4) is 6.07 Å². The predicted molar refractivity (Wildman–Crippen MR) is 106 cm³/mol. The first-order chi connectivity index (χ1) is 13.0. The summed E-state index contributed by atoms with van der Waals surface area (Å²) in [6.45, 7) is 5.65. The first-order valence-electron chi connectivity index (χ1n) is 9.03. The SMILES string of the molecule is Cc1ccc(NC(=O)/C(C#N)=C\c2ccc(N3CCCC3)c(F)c2)cc1C. The number of rotatable bonds is 4. The average Bonchev–Trinajstić information content (AvgIpc) is 3.17. The molecule has 1 N–H and O–H groups in total. The summed E-state index contributed by atoms with van der Waals surface area (Å²) in [7, 11) is 0. The number of benzene rings is 2. The summed E-state index contributed by atoms with van der Waals surface area (Å²) in [6.07, 6.45) is 3.55. The minimum Gasteiger partial charge on any atom is -0.369 e. The van der Waals surface area contributed by atoms with E-state index in [9.17, 15) is 14.4 Å². The van der Waals surface area contributed by atoms with Gasteiger partial charge in [-0.1, -0.05) is 12.1 Å². The molecule has 0 spiro atoms. The van der Waals surface area contributed by atoms with Gasteiger partial charge in [0.25, 0.3) is 5.91 Å². The van der Waals surface area contributed by atoms with Gasteiger partial charge >= 0.3 is 0 Å². The van der Waals surface area contributed by atoms with Gasteiger partial charge in [-0.3, -0.25) is 4.79 Å². The number of halogens is 1. The molecule has 1 fully saturated rings. The van der Waals surface area contributed by atoms with Crippen molar-refractivity contribution in [2.75, 3.05) is 23.3 Å². The van der Waals surface area contributed by atoms with Crippen LogP contribution in [-0.4, -0.2) is 19.0 Å². The van der Waals surface area contributed by atoms with E-state index in [4.69, 9.17) is 0 Å². The molecular formula is C22H22FN3O. The second kappa shape index (κ2) is 8.05. The van der Waals surface area contributed by atoms with Crippen LogP contribution >= 0.6 is 0 Å². The van der Waals surface area contributed by atoms with Gasteiger partial charge in [-0.05, 0) is 73.7 Å². The van der Waals surface area contributed by atoms with E-state index in [1.54, 1.807) is 18.2 Å². The monoisotopic (exact) mass is 363 g/mol. The lowest BCUT2D eigenvalue weighted by molar-refractivity contribution is -0.112. The van der Waals surface area contributed by atoms with Gasteiger partial charge in [0.05, 0.1) is 5.69 Å². The van der Waals surface area contributed by atoms with Gasteiger partial charge in [0.1, 0.15) is 17.5 Å². The zero-order chi connectivity index (χ0) is 19.4. The Hall–Kier alpha value is -3.13. The van der Waals surface area contributed by atoms with Crippen LogP contribution in [0.4, 0.5) is 15.8 Å². The molecule has 1 saturated heterocycles. The number of carbonyl (C=O) groups is 1. The topological polar surface area (TPSA) is 56.1 Å². The van der Waals surface area contributed by atoms with Gasteiger partial charge in [-0.2, -0.15) is 5.26 Å². The molecule has 1 aliphatic heterocycles. The summed E-state index contributed by atoms with van der Waals surface area (Å²) >= 11 is 0. The van der Waals surface area contributed by atoms with Gasteiger partial charge in [0.15, 0.2) is 0 Å². The number of aryl methyl sites for hydroxylation is 2. The molecule has 4 nitrogen and oxygen atoms in total. The Balaban J connectivity index is 1.78. The van der Waals surface area contributed by atoms with Gasteiger partial charge in [-0.25, -0.2) is 4.39 Å². The van der Waals surface area contributed by atoms with E-state index < -0.39 is 5.91 Å². The highest BCUT2D eigenvalue weighted by atomic mass is 19.1. The minimum atomic E-state index is -0.509. The highest BCUT2D eigenvalue weighted by Gasteiger charge is 2.16. The number of amides is 1. The maximum Gasteiger partial charge on any atom is 0.266 e. The lowest BCUT2D eigenvalue weighted by atomic mass is 10.1. The fourth-order valence-electron chi connectivity index (χ4n) is 3.16. The van der Waals surface area contributed by atoms with Crippen LogP contribution in [0.2, 0.25) is 0 Å². The normalized spacial score (nSPS) is 14.1. The first-order valence-corrected chi connectivity index (χ1v) is 9.03. The first kappa shape index (κ1) is 18.7. The molecule has 0 radical (unpaired) electrons. The zero-order valence-corrected chi connectivity index (χ0v) is 15.6. The number of nitrogens with zero attached hydrogens (tertiary/aromatic N) is 2. The highest BCUT2D eigenvalue weighted by molar-refractivity contribution is 6.09. The number of anilines is 2. The van der Waals surface area contributed by atoms with Crippen molar-refractivity contribution in [2.45, 2.75) is 26.7 Å². The number of hydrogen-bond acceptors (Lipinski definition) is 3. The van der Waals surface area contributed by atoms with Gasteiger partial charge in [0, 0.05) is 18.8 Å². The van der Waals surface area contributed by atoms with E-state index >= 15 is 0 Å². The number of hydrogen-bond donors (Lipinski definition) is 1. The number of nitrogens with one attached hydrogen (secondary N) is 1. The molecule has 0 atom stereocenters. The quantitative estimate of drug-likeness (QED) is 0.638. The standard InChI is InChI=1S/C22H22FN3O/c1-15-5-7-19(11-16(15)2)25-22(27)18(14-24)12-17-6-8-21(20(23)13-17)26-9-3-4-10-26/h5-8,11-13H,3-4,9-10H2,1-2H3,(H,25,27)/b18-12-. The molecule has 138 valence electrons. The third kappa shape index (κ3) is 4.35. The summed E-state index contributed by atoms with van der Waals surface area (Å²) in [5.74, 6) is -0.845. The molecule has 2 aromatic rings. The van der Waals surface area contributed by atoms with Crippen LogP contribution in [0.25, 0.3) is 6.08 Å². The molecule has 0 saturated carbocycles.